The summed E-state index contributed by atoms with van der Waals surface area (Å²) < 4.78 is 5.80. The second kappa shape index (κ2) is 10.3. The van der Waals surface area contributed by atoms with E-state index >= 15 is 0 Å². The molecule has 0 saturated heterocycles. The molecule has 0 radical (unpaired) electrons. The minimum atomic E-state index is -2.41. The predicted molar refractivity (Wildman–Crippen MR) is 99.5 cm³/mol. The standard InChI is InChI=1S/C7H6NO.3C4H9.Sn/c8-7(9)6-4-2-1-3-5-6;3*1-3-4-2;/h1-2,4-5H,(H2,8,9);3*1,3-4H2,2H3;. The molecule has 2 nitrogen and oxygen atoms in total. The Balaban J connectivity index is 3.18. The number of amides is 1. The van der Waals surface area contributed by atoms with Gasteiger partial charge in [-0.15, -0.1) is 0 Å². The third-order valence-corrected chi connectivity index (χ3v) is 20.4. The van der Waals surface area contributed by atoms with Crippen LogP contribution >= 0.6 is 0 Å². The monoisotopic (exact) mass is 411 g/mol. The van der Waals surface area contributed by atoms with Crippen molar-refractivity contribution < 1.29 is 4.79 Å². The van der Waals surface area contributed by atoms with Crippen LogP contribution in [0.15, 0.2) is 24.3 Å². The maximum atomic E-state index is 11.6. The van der Waals surface area contributed by atoms with Gasteiger partial charge in [0, 0.05) is 0 Å². The van der Waals surface area contributed by atoms with Crippen molar-refractivity contribution in [2.45, 2.75) is 72.6 Å². The maximum absolute atomic E-state index is 11.6. The van der Waals surface area contributed by atoms with Gasteiger partial charge in [-0.05, 0) is 0 Å². The van der Waals surface area contributed by atoms with Crippen LogP contribution in [0.4, 0.5) is 0 Å². The zero-order chi connectivity index (χ0) is 16.4. The van der Waals surface area contributed by atoms with Crippen molar-refractivity contribution in [2.24, 2.45) is 5.73 Å². The van der Waals surface area contributed by atoms with Crippen molar-refractivity contribution in [3.05, 3.63) is 29.8 Å². The summed E-state index contributed by atoms with van der Waals surface area (Å²) in [4.78, 5) is 11.6. The van der Waals surface area contributed by atoms with Gasteiger partial charge in [0.25, 0.3) is 0 Å². The molecule has 0 heterocycles. The van der Waals surface area contributed by atoms with E-state index in [-0.39, 0.29) is 5.91 Å². The van der Waals surface area contributed by atoms with E-state index in [0.717, 1.165) is 0 Å². The number of primary amides is 1. The Kier molecular flexibility index (Phi) is 9.14. The van der Waals surface area contributed by atoms with Crippen LogP contribution < -0.4 is 9.31 Å². The Morgan fingerprint density at radius 1 is 0.955 bits per heavy atom. The summed E-state index contributed by atoms with van der Waals surface area (Å²) in [7, 11) is 0. The first kappa shape index (κ1) is 19.5. The normalized spacial score (nSPS) is 11.6. The van der Waals surface area contributed by atoms with Gasteiger partial charge in [-0.2, -0.15) is 0 Å². The van der Waals surface area contributed by atoms with Gasteiger partial charge in [0.1, 0.15) is 0 Å². The number of carbonyl (C=O) groups is 1. The van der Waals surface area contributed by atoms with Crippen LogP contribution in [-0.4, -0.2) is 24.3 Å². The van der Waals surface area contributed by atoms with Crippen molar-refractivity contribution in [1.82, 2.24) is 0 Å². The molecule has 2 N–H and O–H groups in total. The SMILES string of the molecule is CCC[CH2][Sn]([CH2]CCC)([CH2]CCC)[c]1cccc(C(N)=O)c1. The molecule has 1 amide bonds. The van der Waals surface area contributed by atoms with Gasteiger partial charge in [0.15, 0.2) is 0 Å². The number of carbonyl (C=O) groups excluding carboxylic acids is 1. The quantitative estimate of drug-likeness (QED) is 0.522. The first-order chi connectivity index (χ1) is 10.6. The molecule has 0 bridgehead atoms. The molecule has 1 rings (SSSR count). The molecule has 0 spiro atoms. The van der Waals surface area contributed by atoms with Crippen LogP contribution in [0.3, 0.4) is 0 Å². The molecule has 0 saturated carbocycles. The summed E-state index contributed by atoms with van der Waals surface area (Å²) in [6.45, 7) is 6.86. The van der Waals surface area contributed by atoms with Crippen molar-refractivity contribution in [3.8, 4) is 0 Å². The van der Waals surface area contributed by atoms with Gasteiger partial charge < -0.3 is 0 Å². The van der Waals surface area contributed by atoms with Crippen molar-refractivity contribution >= 4 is 27.9 Å². The van der Waals surface area contributed by atoms with E-state index in [1.54, 1.807) is 0 Å². The molecular weight excluding hydrogens is 377 g/mol. The van der Waals surface area contributed by atoms with E-state index in [4.69, 9.17) is 5.73 Å². The minimum absolute atomic E-state index is 0.288. The summed E-state index contributed by atoms with van der Waals surface area (Å²) >= 11 is -2.41. The Morgan fingerprint density at radius 2 is 1.45 bits per heavy atom. The number of unbranched alkanes of at least 4 members (excludes halogenated alkanes) is 3. The van der Waals surface area contributed by atoms with Crippen LogP contribution in [0.5, 0.6) is 0 Å². The van der Waals surface area contributed by atoms with Gasteiger partial charge >= 0.3 is 141 Å². The summed E-state index contributed by atoms with van der Waals surface area (Å²) in [5.41, 5.74) is 6.21. The third kappa shape index (κ3) is 5.60. The molecule has 0 unspecified atom stereocenters. The van der Waals surface area contributed by atoms with Gasteiger partial charge in [-0.25, -0.2) is 0 Å². The molecule has 0 aliphatic heterocycles. The fourth-order valence-corrected chi connectivity index (χ4v) is 19.4. The number of hydrogen-bond donors (Lipinski definition) is 1. The van der Waals surface area contributed by atoms with Crippen molar-refractivity contribution in [3.63, 3.8) is 0 Å². The molecule has 3 heteroatoms. The fourth-order valence-electron chi connectivity index (χ4n) is 3.36. The molecule has 1 aromatic carbocycles. The van der Waals surface area contributed by atoms with Crippen molar-refractivity contribution in [2.75, 3.05) is 0 Å². The second-order valence-corrected chi connectivity index (χ2v) is 19.8. The van der Waals surface area contributed by atoms with Gasteiger partial charge in [-0.3, -0.25) is 0 Å². The molecule has 0 fully saturated rings. The number of hydrogen-bond acceptors (Lipinski definition) is 1. The third-order valence-electron chi connectivity index (χ3n) is 4.79. The topological polar surface area (TPSA) is 43.1 Å². The van der Waals surface area contributed by atoms with Crippen LogP contribution in [-0.2, 0) is 0 Å². The van der Waals surface area contributed by atoms with E-state index in [0.29, 0.717) is 5.56 Å². The molecular formula is C19H33NOSn. The Hall–Kier alpha value is -0.511. The van der Waals surface area contributed by atoms with E-state index in [1.165, 1.54) is 55.4 Å². The average molecular weight is 410 g/mol. The number of benzene rings is 1. The van der Waals surface area contributed by atoms with E-state index in [2.05, 4.69) is 32.9 Å². The Bertz CT molecular complexity index is 437. The Labute approximate surface area is 140 Å². The van der Waals surface area contributed by atoms with Crippen LogP contribution in [0.2, 0.25) is 13.3 Å². The number of rotatable bonds is 11. The molecule has 0 atom stereocenters. The molecule has 1 aromatic rings. The second-order valence-electron chi connectivity index (χ2n) is 6.54. The summed E-state index contributed by atoms with van der Waals surface area (Å²) in [5.74, 6) is -0.288. The first-order valence-electron chi connectivity index (χ1n) is 9.00. The summed E-state index contributed by atoms with van der Waals surface area (Å²) in [6, 6.07) is 8.34. The molecule has 0 aliphatic carbocycles. The van der Waals surface area contributed by atoms with Gasteiger partial charge in [-0.1, -0.05) is 0 Å². The Morgan fingerprint density at radius 3 is 1.86 bits per heavy atom. The fraction of sp³-hybridized carbons (Fsp3) is 0.632. The predicted octanol–water partition coefficient (Wildman–Crippen LogP) is 4.84. The van der Waals surface area contributed by atoms with Crippen LogP contribution in [0.1, 0.15) is 69.7 Å². The molecule has 0 aromatic heterocycles. The van der Waals surface area contributed by atoms with Crippen molar-refractivity contribution in [1.29, 1.82) is 0 Å². The summed E-state index contributed by atoms with van der Waals surface area (Å²) in [6.07, 6.45) is 7.82. The average Bonchev–Trinajstić information content (AvgIpc) is 2.54. The zero-order valence-corrected chi connectivity index (χ0v) is 17.5. The number of nitrogens with two attached hydrogens (primary N) is 1. The van der Waals surface area contributed by atoms with Crippen LogP contribution in [0, 0.1) is 0 Å². The van der Waals surface area contributed by atoms with Gasteiger partial charge in [0.2, 0.25) is 0 Å². The van der Waals surface area contributed by atoms with E-state index < -0.39 is 18.4 Å². The van der Waals surface area contributed by atoms with E-state index in [9.17, 15) is 4.79 Å². The van der Waals surface area contributed by atoms with E-state index in [1.807, 2.05) is 12.1 Å². The first-order valence-corrected chi connectivity index (χ1v) is 16.5. The molecule has 124 valence electrons. The van der Waals surface area contributed by atoms with Gasteiger partial charge in [0.05, 0.1) is 0 Å². The molecule has 0 aliphatic rings. The zero-order valence-electron chi connectivity index (χ0n) is 14.7. The van der Waals surface area contributed by atoms with Crippen LogP contribution in [0.25, 0.3) is 0 Å². The summed E-state index contributed by atoms with van der Waals surface area (Å²) in [5, 5.41) is 0. The molecule has 22 heavy (non-hydrogen) atoms.